The smallest absolute Gasteiger partial charge is 0.417 e. The van der Waals surface area contributed by atoms with Gasteiger partial charge < -0.3 is 5.11 Å². The average molecular weight is 460 g/mol. The molecule has 0 bridgehead atoms. The van der Waals surface area contributed by atoms with Crippen LogP contribution in [0.5, 0.6) is 0 Å². The Hall–Kier alpha value is -3.72. The standard InChI is InChI=1S/C22H13ClF3N3O3/c1-11-10-12(21(31)32)7-8-13(11)18-19-16(6-3-9-27-19)29(28-18)20(30)17-14(22(24,25)26)4-2-5-15(17)23/h2-10H,1H3,(H,31,32). The molecule has 10 heteroatoms. The number of halogens is 4. The topological polar surface area (TPSA) is 85.1 Å². The molecule has 0 amide bonds. The lowest BCUT2D eigenvalue weighted by Gasteiger charge is -2.13. The lowest BCUT2D eigenvalue weighted by molar-refractivity contribution is -0.137. The molecule has 2 aromatic carbocycles. The number of nitrogens with zero attached hydrogens (tertiary/aromatic N) is 3. The van der Waals surface area contributed by atoms with Crippen molar-refractivity contribution in [2.24, 2.45) is 0 Å². The largest absolute Gasteiger partial charge is 0.478 e. The van der Waals surface area contributed by atoms with Crippen LogP contribution in [0.3, 0.4) is 0 Å². The SMILES string of the molecule is Cc1cc(C(=O)O)ccc1-c1nn(C(=O)c2c(Cl)cccc2C(F)(F)F)c2cccnc12. The molecule has 6 nitrogen and oxygen atoms in total. The van der Waals surface area contributed by atoms with Crippen molar-refractivity contribution < 1.29 is 27.9 Å². The zero-order valence-corrected chi connectivity index (χ0v) is 17.1. The second kappa shape index (κ2) is 7.76. The van der Waals surface area contributed by atoms with Crippen LogP contribution in [0.25, 0.3) is 22.3 Å². The molecule has 0 fully saturated rings. The van der Waals surface area contributed by atoms with Crippen LogP contribution in [0.15, 0.2) is 54.7 Å². The summed E-state index contributed by atoms with van der Waals surface area (Å²) in [5.74, 6) is -2.17. The zero-order chi connectivity index (χ0) is 23.2. The highest BCUT2D eigenvalue weighted by molar-refractivity contribution is 6.34. The Bertz CT molecular complexity index is 1400. The van der Waals surface area contributed by atoms with Gasteiger partial charge >= 0.3 is 12.1 Å². The van der Waals surface area contributed by atoms with E-state index in [1.807, 2.05) is 0 Å². The van der Waals surface area contributed by atoms with Gasteiger partial charge in [0.05, 0.1) is 27.2 Å². The van der Waals surface area contributed by atoms with Crippen molar-refractivity contribution in [3.63, 3.8) is 0 Å². The third-order valence-corrected chi connectivity index (χ3v) is 5.21. The number of hydrogen-bond acceptors (Lipinski definition) is 4. The molecule has 2 heterocycles. The van der Waals surface area contributed by atoms with Gasteiger partial charge in [-0.05, 0) is 48.9 Å². The molecular weight excluding hydrogens is 447 g/mol. The van der Waals surface area contributed by atoms with Crippen LogP contribution in [0, 0.1) is 6.92 Å². The van der Waals surface area contributed by atoms with Gasteiger partial charge in [-0.25, -0.2) is 4.79 Å². The second-order valence-electron chi connectivity index (χ2n) is 6.93. The lowest BCUT2D eigenvalue weighted by Crippen LogP contribution is -2.20. The summed E-state index contributed by atoms with van der Waals surface area (Å²) in [6, 6.07) is 10.4. The summed E-state index contributed by atoms with van der Waals surface area (Å²) in [4.78, 5) is 28.7. The number of aromatic carboxylic acids is 1. The maximum atomic E-state index is 13.5. The maximum Gasteiger partial charge on any atom is 0.417 e. The highest BCUT2D eigenvalue weighted by Crippen LogP contribution is 2.36. The molecule has 1 N–H and O–H groups in total. The number of carboxylic acids is 1. The van der Waals surface area contributed by atoms with Crippen LogP contribution in [0.4, 0.5) is 13.2 Å². The highest BCUT2D eigenvalue weighted by Gasteiger charge is 2.37. The predicted molar refractivity (Wildman–Crippen MR) is 111 cm³/mol. The van der Waals surface area contributed by atoms with Crippen molar-refractivity contribution in [3.05, 3.63) is 82.0 Å². The minimum atomic E-state index is -4.80. The molecular formula is C22H13ClF3N3O3. The van der Waals surface area contributed by atoms with Gasteiger partial charge in [-0.1, -0.05) is 23.7 Å². The van der Waals surface area contributed by atoms with E-state index < -0.39 is 29.2 Å². The van der Waals surface area contributed by atoms with E-state index in [-0.39, 0.29) is 27.3 Å². The molecule has 0 spiro atoms. The summed E-state index contributed by atoms with van der Waals surface area (Å²) in [5.41, 5.74) is -0.127. The van der Waals surface area contributed by atoms with E-state index >= 15 is 0 Å². The Kier molecular flexibility index (Phi) is 5.21. The number of carboxylic acid groups (broad SMARTS) is 1. The van der Waals surface area contributed by atoms with E-state index in [2.05, 4.69) is 10.1 Å². The zero-order valence-electron chi connectivity index (χ0n) is 16.3. The molecule has 162 valence electrons. The van der Waals surface area contributed by atoms with Gasteiger partial charge in [0.25, 0.3) is 5.91 Å². The number of carbonyl (C=O) groups is 2. The van der Waals surface area contributed by atoms with Crippen molar-refractivity contribution in [1.29, 1.82) is 0 Å². The first kappa shape index (κ1) is 21.5. The van der Waals surface area contributed by atoms with Gasteiger partial charge in [0.2, 0.25) is 0 Å². The van der Waals surface area contributed by atoms with Crippen molar-refractivity contribution >= 4 is 34.5 Å². The van der Waals surface area contributed by atoms with Gasteiger partial charge in [0.15, 0.2) is 0 Å². The van der Waals surface area contributed by atoms with E-state index in [1.54, 1.807) is 6.92 Å². The van der Waals surface area contributed by atoms with Crippen molar-refractivity contribution in [1.82, 2.24) is 14.8 Å². The first-order valence-electron chi connectivity index (χ1n) is 9.18. The molecule has 0 saturated heterocycles. The predicted octanol–water partition coefficient (Wildman–Crippen LogP) is 5.47. The van der Waals surface area contributed by atoms with Crippen LogP contribution in [-0.2, 0) is 6.18 Å². The number of carbonyl (C=O) groups excluding carboxylic acids is 1. The molecule has 0 aliphatic heterocycles. The van der Waals surface area contributed by atoms with E-state index in [0.717, 1.165) is 16.8 Å². The summed E-state index contributed by atoms with van der Waals surface area (Å²) >= 11 is 5.99. The minimum Gasteiger partial charge on any atom is -0.478 e. The maximum absolute atomic E-state index is 13.5. The molecule has 0 atom stereocenters. The Morgan fingerprint density at radius 1 is 1.09 bits per heavy atom. The van der Waals surface area contributed by atoms with Gasteiger partial charge in [-0.2, -0.15) is 23.0 Å². The van der Waals surface area contributed by atoms with Crippen LogP contribution in [0.2, 0.25) is 5.02 Å². The van der Waals surface area contributed by atoms with Gasteiger partial charge in [0, 0.05) is 11.8 Å². The first-order chi connectivity index (χ1) is 15.1. The summed E-state index contributed by atoms with van der Waals surface area (Å²) < 4.78 is 41.5. The third-order valence-electron chi connectivity index (χ3n) is 4.89. The molecule has 0 radical (unpaired) electrons. The molecule has 0 saturated carbocycles. The molecule has 0 aliphatic rings. The van der Waals surface area contributed by atoms with Crippen LogP contribution in [-0.4, -0.2) is 31.7 Å². The van der Waals surface area contributed by atoms with Crippen LogP contribution in [0.1, 0.15) is 31.8 Å². The number of aryl methyl sites for hydroxylation is 1. The Morgan fingerprint density at radius 3 is 2.50 bits per heavy atom. The summed E-state index contributed by atoms with van der Waals surface area (Å²) in [6.45, 7) is 1.66. The number of alkyl halides is 3. The van der Waals surface area contributed by atoms with Crippen LogP contribution >= 0.6 is 11.6 Å². The summed E-state index contributed by atoms with van der Waals surface area (Å²) in [6.07, 6.45) is -3.34. The molecule has 0 aliphatic carbocycles. The Labute approximate surface area is 183 Å². The van der Waals surface area contributed by atoms with Crippen LogP contribution < -0.4 is 0 Å². The fourth-order valence-corrected chi connectivity index (χ4v) is 3.69. The second-order valence-corrected chi connectivity index (χ2v) is 7.34. The number of aromatic nitrogens is 3. The van der Waals surface area contributed by atoms with Gasteiger partial charge in [-0.3, -0.25) is 9.78 Å². The Balaban J connectivity index is 1.95. The molecule has 4 rings (SSSR count). The number of rotatable bonds is 3. The van der Waals surface area contributed by atoms with Crippen molar-refractivity contribution in [3.8, 4) is 11.3 Å². The van der Waals surface area contributed by atoms with Gasteiger partial charge in [-0.15, -0.1) is 0 Å². The fourth-order valence-electron chi connectivity index (χ4n) is 3.43. The number of fused-ring (bicyclic) bond motifs is 1. The van der Waals surface area contributed by atoms with E-state index in [4.69, 9.17) is 11.6 Å². The molecule has 32 heavy (non-hydrogen) atoms. The minimum absolute atomic E-state index is 0.0601. The van der Waals surface area contributed by atoms with Crippen molar-refractivity contribution in [2.45, 2.75) is 13.1 Å². The van der Waals surface area contributed by atoms with E-state index in [1.165, 1.54) is 42.6 Å². The summed E-state index contributed by atoms with van der Waals surface area (Å²) in [5, 5.41) is 13.1. The van der Waals surface area contributed by atoms with E-state index in [9.17, 15) is 27.9 Å². The highest BCUT2D eigenvalue weighted by atomic mass is 35.5. The molecule has 2 aromatic heterocycles. The fraction of sp³-hybridized carbons (Fsp3) is 0.0909. The number of benzene rings is 2. The first-order valence-corrected chi connectivity index (χ1v) is 9.56. The quantitative estimate of drug-likeness (QED) is 0.439. The van der Waals surface area contributed by atoms with E-state index in [0.29, 0.717) is 11.1 Å². The molecule has 4 aromatic rings. The summed E-state index contributed by atoms with van der Waals surface area (Å²) in [7, 11) is 0. The lowest BCUT2D eigenvalue weighted by atomic mass is 10.0. The average Bonchev–Trinajstić information content (AvgIpc) is 3.12. The molecule has 0 unspecified atom stereocenters. The monoisotopic (exact) mass is 459 g/mol. The number of pyridine rings is 1. The van der Waals surface area contributed by atoms with Gasteiger partial charge in [0.1, 0.15) is 11.2 Å². The van der Waals surface area contributed by atoms with Crippen molar-refractivity contribution in [2.75, 3.05) is 0 Å². The normalized spacial score (nSPS) is 11.7. The Morgan fingerprint density at radius 2 is 1.84 bits per heavy atom. The third kappa shape index (κ3) is 3.60. The number of hydrogen-bond donors (Lipinski definition) is 1.